The van der Waals surface area contributed by atoms with E-state index in [1.165, 1.54) is 26.2 Å². The summed E-state index contributed by atoms with van der Waals surface area (Å²) in [7, 11) is 1.39. The molecular formula is C19H19NO5S. The molecule has 0 spiro atoms. The molecular weight excluding hydrogens is 354 g/mol. The summed E-state index contributed by atoms with van der Waals surface area (Å²) in [5.41, 5.74) is 0.777. The van der Waals surface area contributed by atoms with E-state index in [0.29, 0.717) is 6.54 Å². The van der Waals surface area contributed by atoms with Gasteiger partial charge in [0.15, 0.2) is 17.6 Å². The summed E-state index contributed by atoms with van der Waals surface area (Å²) in [6.07, 6.45) is -0.982. The number of anilines is 1. The van der Waals surface area contributed by atoms with Gasteiger partial charge in [0.2, 0.25) is 0 Å². The summed E-state index contributed by atoms with van der Waals surface area (Å²) < 4.78 is 10.3. The number of nitrogens with zero attached hydrogens (tertiary/aromatic N) is 1. The summed E-state index contributed by atoms with van der Waals surface area (Å²) >= 11 is 1.69. The van der Waals surface area contributed by atoms with Crippen LogP contribution in [0.4, 0.5) is 5.69 Å². The smallest absolute Gasteiger partial charge is 0.342 e. The molecule has 1 aliphatic rings. The van der Waals surface area contributed by atoms with Gasteiger partial charge in [-0.05, 0) is 31.2 Å². The second kappa shape index (κ2) is 7.70. The molecule has 1 N–H and O–H groups in total. The van der Waals surface area contributed by atoms with Gasteiger partial charge in [-0.1, -0.05) is 18.2 Å². The molecule has 0 bridgehead atoms. The highest BCUT2D eigenvalue weighted by Crippen LogP contribution is 2.35. The molecule has 2 aromatic carbocycles. The molecule has 6 nitrogen and oxygen atoms in total. The van der Waals surface area contributed by atoms with E-state index in [4.69, 9.17) is 9.47 Å². The van der Waals surface area contributed by atoms with Gasteiger partial charge in [0.25, 0.3) is 5.91 Å². The number of carbonyl (C=O) groups excluding carboxylic acids is 2. The summed E-state index contributed by atoms with van der Waals surface area (Å²) in [5.74, 6) is -0.435. The van der Waals surface area contributed by atoms with Gasteiger partial charge in [-0.2, -0.15) is 0 Å². The number of methoxy groups -OCH3 is 1. The van der Waals surface area contributed by atoms with E-state index in [1.54, 1.807) is 22.7 Å². The van der Waals surface area contributed by atoms with Crippen molar-refractivity contribution in [2.24, 2.45) is 0 Å². The van der Waals surface area contributed by atoms with Crippen LogP contribution in [0.5, 0.6) is 11.5 Å². The van der Waals surface area contributed by atoms with Crippen molar-refractivity contribution in [3.8, 4) is 11.5 Å². The molecule has 0 fully saturated rings. The number of esters is 1. The van der Waals surface area contributed by atoms with Crippen LogP contribution < -0.4 is 9.64 Å². The van der Waals surface area contributed by atoms with Crippen LogP contribution in [0.15, 0.2) is 47.4 Å². The molecule has 0 unspecified atom stereocenters. The first kappa shape index (κ1) is 18.1. The lowest BCUT2D eigenvalue weighted by molar-refractivity contribution is -0.126. The Morgan fingerprint density at radius 1 is 1.19 bits per heavy atom. The maximum atomic E-state index is 12.8. The first-order valence-corrected chi connectivity index (χ1v) is 9.11. The molecule has 1 amide bonds. The topological polar surface area (TPSA) is 76.1 Å². The van der Waals surface area contributed by atoms with Crippen LogP contribution in [-0.2, 0) is 9.53 Å². The Morgan fingerprint density at radius 3 is 2.73 bits per heavy atom. The highest BCUT2D eigenvalue weighted by Gasteiger charge is 2.29. The number of fused-ring (bicyclic) bond motifs is 1. The van der Waals surface area contributed by atoms with Crippen molar-refractivity contribution in [1.82, 2.24) is 0 Å². The highest BCUT2D eigenvalue weighted by molar-refractivity contribution is 7.99. The zero-order valence-corrected chi connectivity index (χ0v) is 15.3. The number of hydrogen-bond donors (Lipinski definition) is 1. The fraction of sp³-hybridized carbons (Fsp3) is 0.263. The van der Waals surface area contributed by atoms with Crippen molar-refractivity contribution < 1.29 is 24.2 Å². The van der Waals surface area contributed by atoms with Gasteiger partial charge in [0, 0.05) is 17.2 Å². The zero-order valence-electron chi connectivity index (χ0n) is 14.5. The number of phenols is 1. The number of para-hydroxylation sites is 2. The first-order chi connectivity index (χ1) is 12.5. The van der Waals surface area contributed by atoms with E-state index < -0.39 is 12.1 Å². The standard InChI is InChI=1S/C19H19NO5S/c1-12(25-19(23)13-6-5-8-15(24-2)17(13)21)18(22)20-10-11-26-16-9-4-3-7-14(16)20/h3-9,12,21H,10-11H2,1-2H3/t12-/m0/s1. The van der Waals surface area contributed by atoms with Crippen LogP contribution in [0.3, 0.4) is 0 Å². The van der Waals surface area contributed by atoms with Crippen LogP contribution in [0.25, 0.3) is 0 Å². The molecule has 2 aromatic rings. The Balaban J connectivity index is 1.75. The summed E-state index contributed by atoms with van der Waals surface area (Å²) in [6, 6.07) is 12.2. The van der Waals surface area contributed by atoms with Crippen LogP contribution >= 0.6 is 11.8 Å². The third-order valence-electron chi connectivity index (χ3n) is 4.06. The second-order valence-electron chi connectivity index (χ2n) is 5.71. The Labute approximate surface area is 155 Å². The maximum Gasteiger partial charge on any atom is 0.342 e. The molecule has 1 heterocycles. The predicted octanol–water partition coefficient (Wildman–Crippen LogP) is 3.09. The van der Waals surface area contributed by atoms with Gasteiger partial charge < -0.3 is 19.5 Å². The number of rotatable bonds is 4. The molecule has 1 atom stereocenters. The molecule has 0 aliphatic carbocycles. The minimum Gasteiger partial charge on any atom is -0.504 e. The van der Waals surface area contributed by atoms with Crippen LogP contribution in [0.2, 0.25) is 0 Å². The molecule has 0 saturated carbocycles. The average Bonchev–Trinajstić information content (AvgIpc) is 2.67. The Hall–Kier alpha value is -2.67. The predicted molar refractivity (Wildman–Crippen MR) is 99.1 cm³/mol. The fourth-order valence-corrected chi connectivity index (χ4v) is 3.74. The molecule has 26 heavy (non-hydrogen) atoms. The van der Waals surface area contributed by atoms with E-state index in [2.05, 4.69) is 0 Å². The first-order valence-electron chi connectivity index (χ1n) is 8.13. The number of hydrogen-bond acceptors (Lipinski definition) is 6. The quantitative estimate of drug-likeness (QED) is 0.830. The Morgan fingerprint density at radius 2 is 1.96 bits per heavy atom. The lowest BCUT2D eigenvalue weighted by atomic mass is 10.2. The van der Waals surface area contributed by atoms with Crippen molar-refractivity contribution in [3.63, 3.8) is 0 Å². The number of ether oxygens (including phenoxy) is 2. The zero-order chi connectivity index (χ0) is 18.7. The molecule has 0 aromatic heterocycles. The number of amides is 1. The average molecular weight is 373 g/mol. The Kier molecular flexibility index (Phi) is 5.37. The third-order valence-corrected chi connectivity index (χ3v) is 5.11. The summed E-state index contributed by atoms with van der Waals surface area (Å²) in [4.78, 5) is 27.8. The van der Waals surface area contributed by atoms with E-state index in [0.717, 1.165) is 16.3 Å². The normalized spacial score (nSPS) is 14.3. The second-order valence-corrected chi connectivity index (χ2v) is 6.85. The highest BCUT2D eigenvalue weighted by atomic mass is 32.2. The molecule has 0 saturated heterocycles. The monoisotopic (exact) mass is 373 g/mol. The van der Waals surface area contributed by atoms with Gasteiger partial charge >= 0.3 is 5.97 Å². The van der Waals surface area contributed by atoms with Crippen molar-refractivity contribution >= 4 is 29.3 Å². The van der Waals surface area contributed by atoms with Gasteiger partial charge in [0.1, 0.15) is 5.56 Å². The van der Waals surface area contributed by atoms with Crippen LogP contribution in [-0.4, -0.2) is 42.5 Å². The maximum absolute atomic E-state index is 12.8. The molecule has 3 rings (SSSR count). The fourth-order valence-electron chi connectivity index (χ4n) is 2.74. The van der Waals surface area contributed by atoms with Crippen molar-refractivity contribution in [2.45, 2.75) is 17.9 Å². The van der Waals surface area contributed by atoms with E-state index >= 15 is 0 Å². The lowest BCUT2D eigenvalue weighted by Gasteiger charge is -2.30. The third kappa shape index (κ3) is 3.48. The van der Waals surface area contributed by atoms with Gasteiger partial charge in [-0.3, -0.25) is 4.79 Å². The minimum absolute atomic E-state index is 0.0430. The van der Waals surface area contributed by atoms with E-state index in [1.807, 2.05) is 24.3 Å². The number of benzene rings is 2. The summed E-state index contributed by atoms with van der Waals surface area (Å²) in [6.45, 7) is 2.08. The van der Waals surface area contributed by atoms with E-state index in [9.17, 15) is 14.7 Å². The number of phenolic OH excluding ortho intramolecular Hbond substituents is 1. The van der Waals surface area contributed by atoms with Gasteiger partial charge in [-0.25, -0.2) is 4.79 Å². The number of thioether (sulfide) groups is 1. The number of aromatic hydroxyl groups is 1. The molecule has 7 heteroatoms. The number of carbonyl (C=O) groups is 2. The Bertz CT molecular complexity index is 838. The van der Waals surface area contributed by atoms with Crippen molar-refractivity contribution in [1.29, 1.82) is 0 Å². The lowest BCUT2D eigenvalue weighted by Crippen LogP contribution is -2.42. The largest absolute Gasteiger partial charge is 0.504 e. The molecule has 136 valence electrons. The minimum atomic E-state index is -0.982. The SMILES string of the molecule is COc1cccc(C(=O)O[C@@H](C)C(=O)N2CCSc3ccccc32)c1O. The van der Waals surface area contributed by atoms with Crippen molar-refractivity contribution in [3.05, 3.63) is 48.0 Å². The van der Waals surface area contributed by atoms with Crippen LogP contribution in [0, 0.1) is 0 Å². The molecule has 0 radical (unpaired) electrons. The van der Waals surface area contributed by atoms with E-state index in [-0.39, 0.29) is 23.0 Å². The summed E-state index contributed by atoms with van der Waals surface area (Å²) in [5, 5.41) is 10.1. The molecule has 1 aliphatic heterocycles. The van der Waals surface area contributed by atoms with Crippen molar-refractivity contribution in [2.75, 3.05) is 24.3 Å². The van der Waals surface area contributed by atoms with Gasteiger partial charge in [-0.15, -0.1) is 11.8 Å². The van der Waals surface area contributed by atoms with Crippen LogP contribution in [0.1, 0.15) is 17.3 Å². The van der Waals surface area contributed by atoms with Gasteiger partial charge in [0.05, 0.1) is 12.8 Å².